The van der Waals surface area contributed by atoms with E-state index in [1.165, 1.54) is 0 Å². The van der Waals surface area contributed by atoms with Crippen molar-refractivity contribution >= 4 is 5.65 Å². The summed E-state index contributed by atoms with van der Waals surface area (Å²) in [5.74, 6) is 0. The van der Waals surface area contributed by atoms with Gasteiger partial charge in [0.1, 0.15) is 5.65 Å². The maximum Gasteiger partial charge on any atom is 0.136 e. The molecule has 4 aromatic rings. The van der Waals surface area contributed by atoms with Gasteiger partial charge < -0.3 is 8.97 Å². The van der Waals surface area contributed by atoms with Gasteiger partial charge in [0.15, 0.2) is 0 Å². The van der Waals surface area contributed by atoms with E-state index in [0.717, 1.165) is 28.2 Å². The first-order valence-electron chi connectivity index (χ1n) is 6.41. The molecule has 0 unspecified atom stereocenters. The first-order chi connectivity index (χ1) is 9.83. The van der Waals surface area contributed by atoms with Gasteiger partial charge in [-0.1, -0.05) is 0 Å². The van der Waals surface area contributed by atoms with Gasteiger partial charge in [-0.3, -0.25) is 5.10 Å². The molecule has 0 bridgehead atoms. The van der Waals surface area contributed by atoms with Crippen molar-refractivity contribution in [3.8, 4) is 22.5 Å². The molecule has 0 spiro atoms. The lowest BCUT2D eigenvalue weighted by molar-refractivity contribution is 0.927. The Morgan fingerprint density at radius 2 is 2.10 bits per heavy atom. The Kier molecular flexibility index (Phi) is 2.26. The zero-order valence-corrected chi connectivity index (χ0v) is 11.0. The van der Waals surface area contributed by atoms with Crippen molar-refractivity contribution in [1.82, 2.24) is 24.1 Å². The number of imidazole rings is 1. The molecule has 0 aliphatic heterocycles. The smallest absolute Gasteiger partial charge is 0.136 e. The molecular formula is C15H13N5. The van der Waals surface area contributed by atoms with E-state index < -0.39 is 0 Å². The number of nitrogens with one attached hydrogen (secondary N) is 1. The van der Waals surface area contributed by atoms with Crippen molar-refractivity contribution in [3.63, 3.8) is 0 Å². The fourth-order valence-corrected chi connectivity index (χ4v) is 2.50. The number of aromatic amines is 1. The van der Waals surface area contributed by atoms with E-state index in [1.807, 2.05) is 42.2 Å². The third-order valence-electron chi connectivity index (χ3n) is 3.54. The summed E-state index contributed by atoms with van der Waals surface area (Å²) in [7, 11) is 2.03. The minimum Gasteiger partial charge on any atom is -0.349 e. The predicted octanol–water partition coefficient (Wildman–Crippen LogP) is 2.73. The highest BCUT2D eigenvalue weighted by Crippen LogP contribution is 2.30. The standard InChI is InChI=1S/C15H13N5/c1-19-7-2-3-13(19)15-12(9-17-18-15)11-4-5-14-16-6-8-20(14)10-11/h2-10H,1H3,(H,17,18). The quantitative estimate of drug-likeness (QED) is 0.604. The molecule has 0 amide bonds. The van der Waals surface area contributed by atoms with E-state index >= 15 is 0 Å². The number of H-pyrrole nitrogens is 1. The molecule has 0 aliphatic carbocycles. The highest BCUT2D eigenvalue weighted by Gasteiger charge is 2.12. The summed E-state index contributed by atoms with van der Waals surface area (Å²) in [6.07, 6.45) is 9.70. The summed E-state index contributed by atoms with van der Waals surface area (Å²) in [4.78, 5) is 4.26. The van der Waals surface area contributed by atoms with E-state index in [-0.39, 0.29) is 0 Å². The molecule has 0 aliphatic rings. The third-order valence-corrected chi connectivity index (χ3v) is 3.54. The summed E-state index contributed by atoms with van der Waals surface area (Å²) in [5.41, 5.74) is 5.28. The van der Waals surface area contributed by atoms with Crippen LogP contribution in [0.15, 0.2) is 55.2 Å². The van der Waals surface area contributed by atoms with Crippen LogP contribution in [-0.4, -0.2) is 24.1 Å². The molecule has 0 radical (unpaired) electrons. The number of fused-ring (bicyclic) bond motifs is 1. The summed E-state index contributed by atoms with van der Waals surface area (Å²) < 4.78 is 4.09. The number of aryl methyl sites for hydroxylation is 1. The fraction of sp³-hybridized carbons (Fsp3) is 0.0667. The number of pyridine rings is 1. The lowest BCUT2D eigenvalue weighted by Gasteiger charge is -2.05. The molecule has 1 N–H and O–H groups in total. The van der Waals surface area contributed by atoms with Crippen LogP contribution >= 0.6 is 0 Å². The first kappa shape index (κ1) is 11.0. The van der Waals surface area contributed by atoms with Gasteiger partial charge in [-0.25, -0.2) is 4.98 Å². The Balaban J connectivity index is 1.90. The highest BCUT2D eigenvalue weighted by molar-refractivity contribution is 5.79. The maximum atomic E-state index is 4.26. The average molecular weight is 263 g/mol. The summed E-state index contributed by atoms with van der Waals surface area (Å²) in [5, 5.41) is 7.29. The molecule has 5 heteroatoms. The molecule has 0 aromatic carbocycles. The van der Waals surface area contributed by atoms with Crippen molar-refractivity contribution in [2.75, 3.05) is 0 Å². The van der Waals surface area contributed by atoms with Crippen molar-refractivity contribution in [1.29, 1.82) is 0 Å². The number of nitrogens with zero attached hydrogens (tertiary/aromatic N) is 4. The fourth-order valence-electron chi connectivity index (χ4n) is 2.50. The predicted molar refractivity (Wildman–Crippen MR) is 77.2 cm³/mol. The molecular weight excluding hydrogens is 250 g/mol. The van der Waals surface area contributed by atoms with Gasteiger partial charge in [-0.15, -0.1) is 0 Å². The molecule has 20 heavy (non-hydrogen) atoms. The van der Waals surface area contributed by atoms with Crippen molar-refractivity contribution in [2.24, 2.45) is 7.05 Å². The minimum absolute atomic E-state index is 0.942. The van der Waals surface area contributed by atoms with E-state index in [9.17, 15) is 0 Å². The van der Waals surface area contributed by atoms with E-state index in [0.29, 0.717) is 0 Å². The van der Waals surface area contributed by atoms with E-state index in [1.54, 1.807) is 6.20 Å². The second-order valence-corrected chi connectivity index (χ2v) is 4.77. The molecule has 0 saturated heterocycles. The Morgan fingerprint density at radius 1 is 1.15 bits per heavy atom. The zero-order valence-electron chi connectivity index (χ0n) is 11.0. The molecule has 0 atom stereocenters. The number of aromatic nitrogens is 5. The average Bonchev–Trinajstić information content (AvgIpc) is 3.16. The van der Waals surface area contributed by atoms with Crippen molar-refractivity contribution in [2.45, 2.75) is 0 Å². The van der Waals surface area contributed by atoms with Crippen LogP contribution in [0.5, 0.6) is 0 Å². The van der Waals surface area contributed by atoms with Crippen LogP contribution in [0.1, 0.15) is 0 Å². The summed E-state index contributed by atoms with van der Waals surface area (Å²) in [6.45, 7) is 0. The molecule has 98 valence electrons. The highest BCUT2D eigenvalue weighted by atomic mass is 15.1. The van der Waals surface area contributed by atoms with Gasteiger partial charge >= 0.3 is 0 Å². The molecule has 0 saturated carbocycles. The molecule has 4 rings (SSSR count). The Labute approximate surface area is 115 Å². The Bertz CT molecular complexity index is 880. The topological polar surface area (TPSA) is 50.9 Å². The van der Waals surface area contributed by atoms with Gasteiger partial charge in [0, 0.05) is 43.0 Å². The van der Waals surface area contributed by atoms with Crippen LogP contribution < -0.4 is 0 Å². The van der Waals surface area contributed by atoms with E-state index in [2.05, 4.69) is 38.1 Å². The molecule has 4 heterocycles. The minimum atomic E-state index is 0.942. The lowest BCUT2D eigenvalue weighted by atomic mass is 10.1. The Hall–Kier alpha value is -2.82. The zero-order chi connectivity index (χ0) is 13.5. The van der Waals surface area contributed by atoms with Gasteiger partial charge in [0.05, 0.1) is 17.6 Å². The van der Waals surface area contributed by atoms with Crippen molar-refractivity contribution in [3.05, 3.63) is 55.2 Å². The lowest BCUT2D eigenvalue weighted by Crippen LogP contribution is -1.92. The van der Waals surface area contributed by atoms with Crippen LogP contribution in [-0.2, 0) is 7.05 Å². The number of hydrogen-bond acceptors (Lipinski definition) is 2. The summed E-state index contributed by atoms with van der Waals surface area (Å²) in [6, 6.07) is 8.18. The van der Waals surface area contributed by atoms with Gasteiger partial charge in [0.2, 0.25) is 0 Å². The second kappa shape index (κ2) is 4.09. The normalized spacial score (nSPS) is 11.2. The number of hydrogen-bond donors (Lipinski definition) is 1. The van der Waals surface area contributed by atoms with Crippen LogP contribution in [0, 0.1) is 0 Å². The molecule has 5 nitrogen and oxygen atoms in total. The Morgan fingerprint density at radius 3 is 2.95 bits per heavy atom. The second-order valence-electron chi connectivity index (χ2n) is 4.77. The van der Waals surface area contributed by atoms with Crippen LogP contribution in [0.25, 0.3) is 28.2 Å². The van der Waals surface area contributed by atoms with Gasteiger partial charge in [0.25, 0.3) is 0 Å². The number of rotatable bonds is 2. The largest absolute Gasteiger partial charge is 0.349 e. The van der Waals surface area contributed by atoms with Crippen LogP contribution in [0.2, 0.25) is 0 Å². The SMILES string of the molecule is Cn1cccc1-c1[nH]ncc1-c1ccc2nccn2c1. The maximum absolute atomic E-state index is 4.26. The monoisotopic (exact) mass is 263 g/mol. The van der Waals surface area contributed by atoms with Crippen molar-refractivity contribution < 1.29 is 0 Å². The van der Waals surface area contributed by atoms with Gasteiger partial charge in [-0.2, -0.15) is 5.10 Å². The van der Waals surface area contributed by atoms with E-state index in [4.69, 9.17) is 0 Å². The molecule has 0 fully saturated rings. The van der Waals surface area contributed by atoms with Crippen LogP contribution in [0.3, 0.4) is 0 Å². The molecule has 4 aromatic heterocycles. The third kappa shape index (κ3) is 1.56. The summed E-state index contributed by atoms with van der Waals surface area (Å²) >= 11 is 0. The first-order valence-corrected chi connectivity index (χ1v) is 6.41. The van der Waals surface area contributed by atoms with Gasteiger partial charge in [-0.05, 0) is 24.3 Å². The van der Waals surface area contributed by atoms with Crippen LogP contribution in [0.4, 0.5) is 0 Å².